The van der Waals surface area contributed by atoms with Gasteiger partial charge in [-0.05, 0) is 31.1 Å². The number of sulfone groups is 1. The third kappa shape index (κ3) is 4.96. The first-order valence-electron chi connectivity index (χ1n) is 8.37. The molecule has 0 atom stereocenters. The lowest BCUT2D eigenvalue weighted by atomic mass is 10.2. The fourth-order valence-electron chi connectivity index (χ4n) is 2.47. The molecule has 0 radical (unpaired) electrons. The second kappa shape index (κ2) is 8.83. The Balaban J connectivity index is 2.24. The molecular formula is C18H20ClF2N3O3S. The second-order valence-corrected chi connectivity index (χ2v) is 8.73. The fraction of sp³-hybridized carbons (Fsp3) is 0.333. The standard InChI is InChI=1S/C18H20ClF2N3O3S/c1-11(2)10-24-17(19)13(12(3)23-24)8-9-16(25)22-14-6-4-5-7-15(14)28(26,27)18(20)21/h4-9,11,18H,10H2,1-3H3,(H,22,25)/b9-8+. The van der Waals surface area contributed by atoms with E-state index in [1.165, 1.54) is 24.3 Å². The molecule has 6 nitrogen and oxygen atoms in total. The van der Waals surface area contributed by atoms with E-state index < -0.39 is 26.4 Å². The van der Waals surface area contributed by atoms with Crippen LogP contribution in [0.4, 0.5) is 14.5 Å². The van der Waals surface area contributed by atoms with E-state index in [1.54, 1.807) is 11.6 Å². The number of hydrogen-bond acceptors (Lipinski definition) is 4. The Morgan fingerprint density at radius 3 is 2.57 bits per heavy atom. The van der Waals surface area contributed by atoms with E-state index in [0.717, 1.165) is 12.1 Å². The zero-order chi connectivity index (χ0) is 21.1. The molecule has 1 N–H and O–H groups in total. The molecule has 1 aromatic heterocycles. The summed E-state index contributed by atoms with van der Waals surface area (Å²) in [5.74, 6) is -3.96. The molecule has 0 aliphatic heterocycles. The van der Waals surface area contributed by atoms with Gasteiger partial charge in [-0.3, -0.25) is 9.48 Å². The van der Waals surface area contributed by atoms with Gasteiger partial charge in [-0.15, -0.1) is 0 Å². The summed E-state index contributed by atoms with van der Waals surface area (Å²) in [6.07, 6.45) is 2.59. The number of anilines is 1. The van der Waals surface area contributed by atoms with E-state index in [-0.39, 0.29) is 5.69 Å². The molecule has 1 aromatic carbocycles. The quantitative estimate of drug-likeness (QED) is 0.668. The molecule has 1 amide bonds. The monoisotopic (exact) mass is 431 g/mol. The zero-order valence-electron chi connectivity index (χ0n) is 15.5. The van der Waals surface area contributed by atoms with Crippen LogP contribution in [0.2, 0.25) is 5.15 Å². The van der Waals surface area contributed by atoms with E-state index in [1.807, 2.05) is 13.8 Å². The van der Waals surface area contributed by atoms with Crippen LogP contribution in [0.15, 0.2) is 35.2 Å². The molecule has 2 rings (SSSR count). The number of rotatable bonds is 7. The summed E-state index contributed by atoms with van der Waals surface area (Å²) in [7, 11) is -4.85. The van der Waals surface area contributed by atoms with Crippen molar-refractivity contribution >= 4 is 39.1 Å². The number of hydrogen-bond donors (Lipinski definition) is 1. The van der Waals surface area contributed by atoms with Crippen molar-refractivity contribution in [1.82, 2.24) is 9.78 Å². The van der Waals surface area contributed by atoms with Crippen LogP contribution in [0.3, 0.4) is 0 Å². The summed E-state index contributed by atoms with van der Waals surface area (Å²) in [6, 6.07) is 4.98. The predicted molar refractivity (Wildman–Crippen MR) is 104 cm³/mol. The predicted octanol–water partition coefficient (Wildman–Crippen LogP) is 4.15. The minimum atomic E-state index is -4.85. The van der Waals surface area contributed by atoms with Crippen molar-refractivity contribution in [1.29, 1.82) is 0 Å². The van der Waals surface area contributed by atoms with Crippen molar-refractivity contribution < 1.29 is 22.0 Å². The summed E-state index contributed by atoms with van der Waals surface area (Å²) in [6.45, 7) is 6.38. The molecule has 1 heterocycles. The van der Waals surface area contributed by atoms with Gasteiger partial charge >= 0.3 is 5.76 Å². The number of para-hydroxylation sites is 1. The van der Waals surface area contributed by atoms with Gasteiger partial charge in [0.05, 0.1) is 16.3 Å². The molecule has 0 saturated heterocycles. The molecule has 0 bridgehead atoms. The highest BCUT2D eigenvalue weighted by Crippen LogP contribution is 2.26. The Kier molecular flexibility index (Phi) is 6.95. The van der Waals surface area contributed by atoms with Gasteiger partial charge in [0, 0.05) is 18.2 Å². The minimum Gasteiger partial charge on any atom is -0.321 e. The van der Waals surface area contributed by atoms with Gasteiger partial charge in [-0.1, -0.05) is 37.6 Å². The summed E-state index contributed by atoms with van der Waals surface area (Å²) in [4.78, 5) is 11.5. The lowest BCUT2D eigenvalue weighted by Gasteiger charge is -2.10. The lowest BCUT2D eigenvalue weighted by molar-refractivity contribution is -0.111. The summed E-state index contributed by atoms with van der Waals surface area (Å²) >= 11 is 6.29. The van der Waals surface area contributed by atoms with Crippen LogP contribution in [-0.2, 0) is 21.2 Å². The number of carbonyl (C=O) groups excluding carboxylic acids is 1. The first kappa shape index (κ1) is 22.0. The van der Waals surface area contributed by atoms with Gasteiger partial charge in [-0.25, -0.2) is 8.42 Å². The number of aromatic nitrogens is 2. The van der Waals surface area contributed by atoms with Gasteiger partial charge in [0.1, 0.15) is 5.15 Å². The number of halogens is 3. The molecular weight excluding hydrogens is 412 g/mol. The van der Waals surface area contributed by atoms with Gasteiger partial charge < -0.3 is 5.32 Å². The lowest BCUT2D eigenvalue weighted by Crippen LogP contribution is -2.16. The SMILES string of the molecule is Cc1nn(CC(C)C)c(Cl)c1/C=C/C(=O)Nc1ccccc1S(=O)(=O)C(F)F. The van der Waals surface area contributed by atoms with Crippen molar-refractivity contribution in [3.63, 3.8) is 0 Å². The van der Waals surface area contributed by atoms with Gasteiger partial charge in [-0.2, -0.15) is 13.9 Å². The molecule has 28 heavy (non-hydrogen) atoms. The van der Waals surface area contributed by atoms with Crippen LogP contribution in [0.1, 0.15) is 25.1 Å². The average Bonchev–Trinajstić information content (AvgIpc) is 2.86. The number of nitrogens with one attached hydrogen (secondary N) is 1. The maximum atomic E-state index is 12.8. The number of nitrogens with zero attached hydrogens (tertiary/aromatic N) is 2. The molecule has 10 heteroatoms. The Labute approximate surface area is 167 Å². The van der Waals surface area contributed by atoms with Crippen molar-refractivity contribution in [2.45, 2.75) is 38.0 Å². The number of amides is 1. The minimum absolute atomic E-state index is 0.226. The summed E-state index contributed by atoms with van der Waals surface area (Å²) in [5.41, 5.74) is 0.942. The topological polar surface area (TPSA) is 81.1 Å². The number of alkyl halides is 2. The smallest absolute Gasteiger partial charge is 0.321 e. The van der Waals surface area contributed by atoms with Gasteiger partial charge in [0.25, 0.3) is 0 Å². The van der Waals surface area contributed by atoms with Crippen molar-refractivity contribution in [2.24, 2.45) is 5.92 Å². The first-order valence-corrected chi connectivity index (χ1v) is 10.3. The van der Waals surface area contributed by atoms with Crippen LogP contribution >= 0.6 is 11.6 Å². The van der Waals surface area contributed by atoms with Gasteiger partial charge in [0.2, 0.25) is 15.7 Å². The zero-order valence-corrected chi connectivity index (χ0v) is 17.1. The number of carbonyl (C=O) groups is 1. The van der Waals surface area contributed by atoms with Crippen LogP contribution < -0.4 is 5.32 Å². The first-order chi connectivity index (χ1) is 13.0. The highest BCUT2D eigenvalue weighted by molar-refractivity contribution is 7.91. The molecule has 0 aliphatic rings. The van der Waals surface area contributed by atoms with Gasteiger partial charge in [0.15, 0.2) is 0 Å². The maximum Gasteiger partial charge on any atom is 0.341 e. The Bertz CT molecular complexity index is 1000. The largest absolute Gasteiger partial charge is 0.341 e. The van der Waals surface area contributed by atoms with E-state index in [2.05, 4.69) is 10.4 Å². The average molecular weight is 432 g/mol. The molecule has 0 saturated carbocycles. The summed E-state index contributed by atoms with van der Waals surface area (Å²) in [5, 5.41) is 7.00. The molecule has 0 fully saturated rings. The molecule has 0 unspecified atom stereocenters. The van der Waals surface area contributed by atoms with Crippen LogP contribution in [0, 0.1) is 12.8 Å². The third-order valence-electron chi connectivity index (χ3n) is 3.73. The van der Waals surface area contributed by atoms with Crippen molar-refractivity contribution in [3.8, 4) is 0 Å². The van der Waals surface area contributed by atoms with Crippen molar-refractivity contribution in [2.75, 3.05) is 5.32 Å². The van der Waals surface area contributed by atoms with E-state index in [0.29, 0.717) is 28.9 Å². The second-order valence-electron chi connectivity index (χ2n) is 6.49. The Morgan fingerprint density at radius 2 is 1.96 bits per heavy atom. The van der Waals surface area contributed by atoms with E-state index in [4.69, 9.17) is 11.6 Å². The molecule has 152 valence electrons. The van der Waals surface area contributed by atoms with Crippen molar-refractivity contribution in [3.05, 3.63) is 46.8 Å². The number of aryl methyl sites for hydroxylation is 1. The highest BCUT2D eigenvalue weighted by Gasteiger charge is 2.29. The van der Waals surface area contributed by atoms with E-state index >= 15 is 0 Å². The summed E-state index contributed by atoms with van der Waals surface area (Å²) < 4.78 is 50.8. The van der Waals surface area contributed by atoms with Crippen LogP contribution in [0.25, 0.3) is 6.08 Å². The third-order valence-corrected chi connectivity index (χ3v) is 5.57. The van der Waals surface area contributed by atoms with E-state index in [9.17, 15) is 22.0 Å². The maximum absolute atomic E-state index is 12.8. The fourth-order valence-corrected chi connectivity index (χ4v) is 3.66. The normalized spacial score (nSPS) is 12.3. The Hall–Kier alpha value is -2.26. The van der Waals surface area contributed by atoms with Crippen LogP contribution in [0.5, 0.6) is 0 Å². The molecule has 0 aliphatic carbocycles. The Morgan fingerprint density at radius 1 is 1.32 bits per heavy atom. The molecule has 0 spiro atoms. The van der Waals surface area contributed by atoms with Crippen LogP contribution in [-0.4, -0.2) is 29.9 Å². The highest BCUT2D eigenvalue weighted by atomic mass is 35.5. The molecule has 2 aromatic rings. The number of benzene rings is 1.